The SMILES string of the molecule is COC(=O)N(c1ccc(Cl)cc1)C1CCC(OC(C)CCCN2CCCC2)CC1. The van der Waals surface area contributed by atoms with Crippen LogP contribution in [0.1, 0.15) is 58.3 Å². The van der Waals surface area contributed by atoms with Gasteiger partial charge in [-0.2, -0.15) is 0 Å². The van der Waals surface area contributed by atoms with Crippen molar-refractivity contribution in [2.75, 3.05) is 31.6 Å². The predicted octanol–water partition coefficient (Wildman–Crippen LogP) is 5.51. The number of amides is 1. The minimum atomic E-state index is -0.313. The van der Waals surface area contributed by atoms with E-state index >= 15 is 0 Å². The fourth-order valence-corrected chi connectivity index (χ4v) is 4.74. The minimum absolute atomic E-state index is 0.133. The van der Waals surface area contributed by atoms with Gasteiger partial charge < -0.3 is 14.4 Å². The molecule has 1 unspecified atom stereocenters. The van der Waals surface area contributed by atoms with Crippen LogP contribution >= 0.6 is 11.6 Å². The Bertz CT molecular complexity index is 626. The van der Waals surface area contributed by atoms with Gasteiger partial charge in [-0.25, -0.2) is 4.79 Å². The van der Waals surface area contributed by atoms with E-state index in [1.165, 1.54) is 46.0 Å². The average molecular weight is 423 g/mol. The van der Waals surface area contributed by atoms with Crippen LogP contribution in [0.15, 0.2) is 24.3 Å². The van der Waals surface area contributed by atoms with Crippen molar-refractivity contribution in [2.24, 2.45) is 0 Å². The van der Waals surface area contributed by atoms with E-state index in [1.807, 2.05) is 24.3 Å². The molecule has 1 aromatic rings. The van der Waals surface area contributed by atoms with Gasteiger partial charge >= 0.3 is 6.09 Å². The van der Waals surface area contributed by atoms with E-state index < -0.39 is 0 Å². The molecule has 1 aliphatic carbocycles. The maximum absolute atomic E-state index is 12.4. The third-order valence-electron chi connectivity index (χ3n) is 6.19. The van der Waals surface area contributed by atoms with Crippen molar-refractivity contribution < 1.29 is 14.3 Å². The van der Waals surface area contributed by atoms with Crippen molar-refractivity contribution in [3.63, 3.8) is 0 Å². The molecular weight excluding hydrogens is 388 g/mol. The summed E-state index contributed by atoms with van der Waals surface area (Å²) in [4.78, 5) is 16.8. The molecule has 2 aliphatic rings. The highest BCUT2D eigenvalue weighted by atomic mass is 35.5. The first-order chi connectivity index (χ1) is 14.1. The highest BCUT2D eigenvalue weighted by molar-refractivity contribution is 6.30. The number of carbonyl (C=O) groups excluding carboxylic acids is 1. The van der Waals surface area contributed by atoms with Crippen LogP contribution in [0.5, 0.6) is 0 Å². The van der Waals surface area contributed by atoms with Crippen molar-refractivity contribution in [3.8, 4) is 0 Å². The Kier molecular flexibility index (Phi) is 8.64. The van der Waals surface area contributed by atoms with Gasteiger partial charge in [0.05, 0.1) is 19.3 Å². The number of carbonyl (C=O) groups is 1. The third kappa shape index (κ3) is 6.59. The molecule has 29 heavy (non-hydrogen) atoms. The highest BCUT2D eigenvalue weighted by Gasteiger charge is 2.31. The smallest absolute Gasteiger partial charge is 0.414 e. The van der Waals surface area contributed by atoms with Crippen LogP contribution in [0, 0.1) is 0 Å². The number of nitrogens with zero attached hydrogens (tertiary/aromatic N) is 2. The molecule has 0 spiro atoms. The van der Waals surface area contributed by atoms with E-state index in [2.05, 4.69) is 11.8 Å². The second-order valence-electron chi connectivity index (χ2n) is 8.38. The zero-order valence-corrected chi connectivity index (χ0v) is 18.6. The lowest BCUT2D eigenvalue weighted by Crippen LogP contribution is -2.44. The molecule has 5 nitrogen and oxygen atoms in total. The summed E-state index contributed by atoms with van der Waals surface area (Å²) >= 11 is 6.00. The molecule has 1 aliphatic heterocycles. The lowest BCUT2D eigenvalue weighted by Gasteiger charge is -2.36. The lowest BCUT2D eigenvalue weighted by molar-refractivity contribution is -0.0280. The molecule has 1 saturated heterocycles. The first-order valence-electron chi connectivity index (χ1n) is 11.1. The Balaban J connectivity index is 1.45. The Morgan fingerprint density at radius 1 is 1.17 bits per heavy atom. The summed E-state index contributed by atoms with van der Waals surface area (Å²) in [5.41, 5.74) is 0.834. The minimum Gasteiger partial charge on any atom is -0.452 e. The molecule has 0 bridgehead atoms. The molecule has 0 N–H and O–H groups in total. The summed E-state index contributed by atoms with van der Waals surface area (Å²) < 4.78 is 11.4. The Hall–Kier alpha value is -1.30. The number of hydrogen-bond donors (Lipinski definition) is 0. The summed E-state index contributed by atoms with van der Waals surface area (Å²) in [6.07, 6.45) is 9.10. The standard InChI is InChI=1S/C23H35ClN2O3/c1-18(6-5-17-25-15-3-4-16-25)29-22-13-11-21(12-14-22)26(23(27)28-2)20-9-7-19(24)8-10-20/h7-10,18,21-22H,3-6,11-17H2,1-2H3. The van der Waals surface area contributed by atoms with Gasteiger partial charge in [0.2, 0.25) is 0 Å². The summed E-state index contributed by atoms with van der Waals surface area (Å²) in [6.45, 7) is 5.94. The predicted molar refractivity (Wildman–Crippen MR) is 118 cm³/mol. The van der Waals surface area contributed by atoms with Crippen LogP contribution in [-0.4, -0.2) is 56.0 Å². The van der Waals surface area contributed by atoms with Gasteiger partial charge in [0, 0.05) is 16.8 Å². The van der Waals surface area contributed by atoms with Gasteiger partial charge in [-0.05, 0) is 102 Å². The third-order valence-corrected chi connectivity index (χ3v) is 6.45. The van der Waals surface area contributed by atoms with Crippen LogP contribution in [0.25, 0.3) is 0 Å². The Morgan fingerprint density at radius 3 is 2.45 bits per heavy atom. The Morgan fingerprint density at radius 2 is 1.83 bits per heavy atom. The quantitative estimate of drug-likeness (QED) is 0.554. The topological polar surface area (TPSA) is 42.0 Å². The zero-order chi connectivity index (χ0) is 20.6. The lowest BCUT2D eigenvalue weighted by atomic mass is 9.91. The van der Waals surface area contributed by atoms with E-state index in [9.17, 15) is 4.79 Å². The molecule has 1 heterocycles. The number of benzene rings is 1. The number of halogens is 1. The number of methoxy groups -OCH3 is 1. The van der Waals surface area contributed by atoms with Gasteiger partial charge in [-0.15, -0.1) is 0 Å². The van der Waals surface area contributed by atoms with Gasteiger partial charge in [-0.3, -0.25) is 4.90 Å². The zero-order valence-electron chi connectivity index (χ0n) is 17.8. The van der Waals surface area contributed by atoms with E-state index in [0.29, 0.717) is 11.1 Å². The van der Waals surface area contributed by atoms with Crippen LogP contribution < -0.4 is 4.90 Å². The maximum Gasteiger partial charge on any atom is 0.414 e. The molecule has 1 amide bonds. The first-order valence-corrected chi connectivity index (χ1v) is 11.4. The first kappa shape index (κ1) is 22.4. The molecule has 1 atom stereocenters. The molecule has 6 heteroatoms. The van der Waals surface area contributed by atoms with Gasteiger partial charge in [-0.1, -0.05) is 11.6 Å². The number of likely N-dealkylation sites (tertiary alicyclic amines) is 1. The monoisotopic (exact) mass is 422 g/mol. The van der Waals surface area contributed by atoms with Crippen molar-refractivity contribution >= 4 is 23.4 Å². The van der Waals surface area contributed by atoms with Crippen molar-refractivity contribution in [1.29, 1.82) is 0 Å². The molecule has 0 aromatic heterocycles. The molecule has 0 radical (unpaired) electrons. The second-order valence-corrected chi connectivity index (χ2v) is 8.82. The van der Waals surface area contributed by atoms with Gasteiger partial charge in [0.25, 0.3) is 0 Å². The molecule has 3 rings (SSSR count). The van der Waals surface area contributed by atoms with Crippen molar-refractivity contribution in [2.45, 2.75) is 76.5 Å². The van der Waals surface area contributed by atoms with Crippen LogP contribution in [-0.2, 0) is 9.47 Å². The fraction of sp³-hybridized carbons (Fsp3) is 0.696. The van der Waals surface area contributed by atoms with E-state index in [0.717, 1.165) is 37.8 Å². The van der Waals surface area contributed by atoms with Gasteiger partial charge in [0.15, 0.2) is 0 Å². The number of rotatable bonds is 8. The summed E-state index contributed by atoms with van der Waals surface area (Å²) in [7, 11) is 1.43. The molecule has 2 fully saturated rings. The fourth-order valence-electron chi connectivity index (χ4n) is 4.61. The van der Waals surface area contributed by atoms with Crippen molar-refractivity contribution in [1.82, 2.24) is 4.90 Å². The van der Waals surface area contributed by atoms with E-state index in [1.54, 1.807) is 4.90 Å². The summed E-state index contributed by atoms with van der Waals surface area (Å²) in [5, 5.41) is 0.661. The van der Waals surface area contributed by atoms with E-state index in [-0.39, 0.29) is 18.2 Å². The van der Waals surface area contributed by atoms with Crippen molar-refractivity contribution in [3.05, 3.63) is 29.3 Å². The maximum atomic E-state index is 12.4. The second kappa shape index (κ2) is 11.2. The van der Waals surface area contributed by atoms with Crippen LogP contribution in [0.4, 0.5) is 10.5 Å². The molecule has 1 aromatic carbocycles. The molecule has 1 saturated carbocycles. The number of ether oxygens (including phenoxy) is 2. The molecule has 162 valence electrons. The van der Waals surface area contributed by atoms with E-state index in [4.69, 9.17) is 21.1 Å². The van der Waals surface area contributed by atoms with Crippen LogP contribution in [0.3, 0.4) is 0 Å². The summed E-state index contributed by atoms with van der Waals surface area (Å²) in [5.74, 6) is 0. The van der Waals surface area contributed by atoms with Crippen LogP contribution in [0.2, 0.25) is 5.02 Å². The van der Waals surface area contributed by atoms with Gasteiger partial charge in [0.1, 0.15) is 0 Å². The Labute approximate surface area is 180 Å². The molecular formula is C23H35ClN2O3. The number of hydrogen-bond acceptors (Lipinski definition) is 4. The summed E-state index contributed by atoms with van der Waals surface area (Å²) in [6, 6.07) is 7.51. The number of anilines is 1. The largest absolute Gasteiger partial charge is 0.452 e. The normalized spacial score (nSPS) is 23.7. The highest BCUT2D eigenvalue weighted by Crippen LogP contribution is 2.31. The average Bonchev–Trinajstić information content (AvgIpc) is 3.24.